The van der Waals surface area contributed by atoms with Gasteiger partial charge in [0.25, 0.3) is 0 Å². The first kappa shape index (κ1) is 16.7. The Bertz CT molecular complexity index is 572. The number of hydrogen-bond acceptors (Lipinski definition) is 4. The van der Waals surface area contributed by atoms with Gasteiger partial charge in [-0.15, -0.1) is 0 Å². The van der Waals surface area contributed by atoms with Crippen LogP contribution in [0.15, 0.2) is 23.1 Å². The van der Waals surface area contributed by atoms with E-state index in [1.54, 1.807) is 0 Å². The summed E-state index contributed by atoms with van der Waals surface area (Å²) in [5.41, 5.74) is 0.371. The molecular weight excluding hydrogens is 311 g/mol. The van der Waals surface area contributed by atoms with Gasteiger partial charge in [-0.25, -0.2) is 17.5 Å². The number of hydrogen-bond donors (Lipinski definition) is 2. The first-order valence-corrected chi connectivity index (χ1v) is 9.73. The molecule has 0 aromatic heterocycles. The molecule has 1 aromatic carbocycles. The summed E-state index contributed by atoms with van der Waals surface area (Å²) in [6, 6.07) is 3.94. The first-order valence-electron chi connectivity index (χ1n) is 7.09. The Kier molecular flexibility index (Phi) is 6.04. The summed E-state index contributed by atoms with van der Waals surface area (Å²) in [4.78, 5) is 0.127. The molecule has 1 aliphatic rings. The summed E-state index contributed by atoms with van der Waals surface area (Å²) in [6.07, 6.45) is 1.04. The van der Waals surface area contributed by atoms with Gasteiger partial charge in [0.15, 0.2) is 0 Å². The van der Waals surface area contributed by atoms with Crippen molar-refractivity contribution in [3.8, 4) is 0 Å². The second-order valence-corrected chi connectivity index (χ2v) is 8.03. The normalized spacial score (nSPS) is 19.0. The van der Waals surface area contributed by atoms with Gasteiger partial charge >= 0.3 is 0 Å². The molecule has 1 aliphatic heterocycles. The molecule has 4 nitrogen and oxygen atoms in total. The predicted octanol–water partition coefficient (Wildman–Crippen LogP) is 1.97. The summed E-state index contributed by atoms with van der Waals surface area (Å²) in [7, 11) is -3.57. The fraction of sp³-hybridized carbons (Fsp3) is 0.571. The molecular formula is C14H21FN2O2S2. The van der Waals surface area contributed by atoms with E-state index in [0.29, 0.717) is 31.1 Å². The highest BCUT2D eigenvalue weighted by atomic mass is 32.2. The van der Waals surface area contributed by atoms with Gasteiger partial charge < -0.3 is 5.32 Å². The molecule has 7 heteroatoms. The van der Waals surface area contributed by atoms with Crippen molar-refractivity contribution in [2.24, 2.45) is 5.92 Å². The molecule has 2 rings (SSSR count). The zero-order valence-electron chi connectivity index (χ0n) is 12.1. The van der Waals surface area contributed by atoms with Crippen molar-refractivity contribution in [2.75, 3.05) is 24.6 Å². The molecule has 1 unspecified atom stereocenters. The van der Waals surface area contributed by atoms with Crippen LogP contribution < -0.4 is 10.0 Å². The summed E-state index contributed by atoms with van der Waals surface area (Å²) < 4.78 is 40.8. The van der Waals surface area contributed by atoms with Crippen molar-refractivity contribution in [1.82, 2.24) is 10.0 Å². The lowest BCUT2D eigenvalue weighted by Gasteiger charge is -2.12. The molecule has 0 bridgehead atoms. The molecule has 0 radical (unpaired) electrons. The zero-order valence-corrected chi connectivity index (χ0v) is 13.7. The smallest absolute Gasteiger partial charge is 0.240 e. The quantitative estimate of drug-likeness (QED) is 0.801. The Morgan fingerprint density at radius 1 is 1.43 bits per heavy atom. The maximum absolute atomic E-state index is 13.7. The average molecular weight is 332 g/mol. The fourth-order valence-electron chi connectivity index (χ4n) is 2.17. The van der Waals surface area contributed by atoms with Crippen LogP contribution in [0.1, 0.15) is 18.9 Å². The number of benzene rings is 1. The fourth-order valence-corrected chi connectivity index (χ4v) is 4.62. The second kappa shape index (κ2) is 7.58. The van der Waals surface area contributed by atoms with Crippen molar-refractivity contribution in [3.05, 3.63) is 29.6 Å². The van der Waals surface area contributed by atoms with Gasteiger partial charge in [0.2, 0.25) is 10.0 Å². The highest BCUT2D eigenvalue weighted by Gasteiger charge is 2.20. The lowest BCUT2D eigenvalue weighted by molar-refractivity contribution is 0.544. The Morgan fingerprint density at radius 3 is 2.90 bits per heavy atom. The largest absolute Gasteiger partial charge is 0.313 e. The van der Waals surface area contributed by atoms with Crippen LogP contribution >= 0.6 is 11.8 Å². The Balaban J connectivity index is 2.07. The zero-order chi connectivity index (χ0) is 15.3. The molecule has 2 N–H and O–H groups in total. The van der Waals surface area contributed by atoms with Gasteiger partial charge in [-0.1, -0.05) is 6.92 Å². The molecule has 0 amide bonds. The Hall–Kier alpha value is -0.630. The Morgan fingerprint density at radius 2 is 2.24 bits per heavy atom. The van der Waals surface area contributed by atoms with Gasteiger partial charge in [0.05, 0.1) is 4.90 Å². The third kappa shape index (κ3) is 4.67. The topological polar surface area (TPSA) is 58.2 Å². The average Bonchev–Trinajstić information content (AvgIpc) is 2.97. The lowest BCUT2D eigenvalue weighted by Crippen LogP contribution is -2.29. The molecule has 1 heterocycles. The minimum Gasteiger partial charge on any atom is -0.313 e. The summed E-state index contributed by atoms with van der Waals surface area (Å²) in [5.74, 6) is 2.10. The summed E-state index contributed by atoms with van der Waals surface area (Å²) in [6.45, 7) is 3.40. The van der Waals surface area contributed by atoms with Crippen LogP contribution in [0.4, 0.5) is 4.39 Å². The molecule has 21 heavy (non-hydrogen) atoms. The molecule has 0 aliphatic carbocycles. The SMILES string of the molecule is CCNCc1cc(S(=O)(=O)NCC2CCSC2)ccc1F. The maximum Gasteiger partial charge on any atom is 0.240 e. The van der Waals surface area contributed by atoms with Gasteiger partial charge in [0.1, 0.15) is 5.82 Å². The van der Waals surface area contributed by atoms with Crippen molar-refractivity contribution in [2.45, 2.75) is 24.8 Å². The van der Waals surface area contributed by atoms with E-state index in [0.717, 1.165) is 17.9 Å². The maximum atomic E-state index is 13.7. The number of thioether (sulfide) groups is 1. The van der Waals surface area contributed by atoms with E-state index < -0.39 is 10.0 Å². The van der Waals surface area contributed by atoms with E-state index >= 15 is 0 Å². The molecule has 1 saturated heterocycles. The number of halogens is 1. The highest BCUT2D eigenvalue weighted by molar-refractivity contribution is 7.99. The third-order valence-corrected chi connectivity index (χ3v) is 6.13. The lowest BCUT2D eigenvalue weighted by atomic mass is 10.1. The van der Waals surface area contributed by atoms with Crippen molar-refractivity contribution >= 4 is 21.8 Å². The van der Waals surface area contributed by atoms with Crippen LogP contribution in [-0.2, 0) is 16.6 Å². The summed E-state index contributed by atoms with van der Waals surface area (Å²) >= 11 is 1.85. The predicted molar refractivity (Wildman–Crippen MR) is 84.4 cm³/mol. The van der Waals surface area contributed by atoms with Gasteiger partial charge in [-0.3, -0.25) is 0 Å². The molecule has 1 fully saturated rings. The van der Waals surface area contributed by atoms with Crippen LogP contribution in [0.2, 0.25) is 0 Å². The van der Waals surface area contributed by atoms with E-state index in [1.165, 1.54) is 18.2 Å². The van der Waals surface area contributed by atoms with E-state index in [2.05, 4.69) is 10.0 Å². The minimum absolute atomic E-state index is 0.127. The molecule has 0 saturated carbocycles. The number of nitrogens with one attached hydrogen (secondary N) is 2. The van der Waals surface area contributed by atoms with E-state index in [4.69, 9.17) is 0 Å². The van der Waals surface area contributed by atoms with E-state index in [1.807, 2.05) is 18.7 Å². The second-order valence-electron chi connectivity index (χ2n) is 5.12. The standard InChI is InChI=1S/C14H21FN2O2S2/c1-2-16-9-12-7-13(3-4-14(12)15)21(18,19)17-8-11-5-6-20-10-11/h3-4,7,11,16-17H,2,5-6,8-10H2,1H3. The van der Waals surface area contributed by atoms with E-state index in [9.17, 15) is 12.8 Å². The third-order valence-electron chi connectivity index (χ3n) is 3.48. The van der Waals surface area contributed by atoms with Crippen molar-refractivity contribution in [3.63, 3.8) is 0 Å². The van der Waals surface area contributed by atoms with Gasteiger partial charge in [-0.05, 0) is 48.6 Å². The molecule has 0 spiro atoms. The van der Waals surface area contributed by atoms with Crippen molar-refractivity contribution < 1.29 is 12.8 Å². The van der Waals surface area contributed by atoms with Gasteiger partial charge in [0, 0.05) is 18.7 Å². The minimum atomic E-state index is -3.57. The first-order chi connectivity index (χ1) is 10.0. The van der Waals surface area contributed by atoms with Crippen LogP contribution in [0.3, 0.4) is 0 Å². The molecule has 118 valence electrons. The van der Waals surface area contributed by atoms with E-state index in [-0.39, 0.29) is 10.7 Å². The van der Waals surface area contributed by atoms with Crippen LogP contribution in [-0.4, -0.2) is 33.0 Å². The monoisotopic (exact) mass is 332 g/mol. The Labute approximate surface area is 129 Å². The van der Waals surface area contributed by atoms with Crippen LogP contribution in [0, 0.1) is 11.7 Å². The van der Waals surface area contributed by atoms with Crippen LogP contribution in [0.5, 0.6) is 0 Å². The number of rotatable bonds is 7. The molecule has 1 atom stereocenters. The highest BCUT2D eigenvalue weighted by Crippen LogP contribution is 2.23. The summed E-state index contributed by atoms with van der Waals surface area (Å²) in [5, 5.41) is 3.00. The van der Waals surface area contributed by atoms with Gasteiger partial charge in [-0.2, -0.15) is 11.8 Å². The number of sulfonamides is 1. The molecule has 1 aromatic rings. The van der Waals surface area contributed by atoms with Crippen molar-refractivity contribution in [1.29, 1.82) is 0 Å². The van der Waals surface area contributed by atoms with Crippen LogP contribution in [0.25, 0.3) is 0 Å².